The van der Waals surface area contributed by atoms with E-state index in [0.717, 1.165) is 61.0 Å². The van der Waals surface area contributed by atoms with E-state index < -0.39 is 0 Å². The molecule has 1 aromatic carbocycles. The van der Waals surface area contributed by atoms with Crippen LogP contribution in [0.2, 0.25) is 0 Å². The number of thiazole rings is 1. The van der Waals surface area contributed by atoms with Crippen molar-refractivity contribution in [1.82, 2.24) is 14.9 Å². The molecule has 170 valence electrons. The Hall–Kier alpha value is -3.27. The molecule has 0 unspecified atom stereocenters. The molecule has 2 aliphatic heterocycles. The molecule has 1 saturated heterocycles. The average Bonchev–Trinajstić information content (AvgIpc) is 3.39. The molecule has 0 atom stereocenters. The lowest BCUT2D eigenvalue weighted by molar-refractivity contribution is 0.0322. The minimum absolute atomic E-state index is 0.0125. The Morgan fingerprint density at radius 1 is 1.27 bits per heavy atom. The predicted molar refractivity (Wildman–Crippen MR) is 131 cm³/mol. The molecule has 2 N–H and O–H groups in total. The summed E-state index contributed by atoms with van der Waals surface area (Å²) in [7, 11) is 0. The lowest BCUT2D eigenvalue weighted by Crippen LogP contribution is -2.38. The first-order valence-corrected chi connectivity index (χ1v) is 11.7. The molecule has 0 amide bonds. The van der Waals surface area contributed by atoms with E-state index in [1.807, 2.05) is 43.3 Å². The Bertz CT molecular complexity index is 1200. The molecule has 0 aliphatic carbocycles. The van der Waals surface area contributed by atoms with Gasteiger partial charge in [-0.15, -0.1) is 0 Å². The minimum atomic E-state index is -0.0125. The van der Waals surface area contributed by atoms with Crippen LogP contribution in [0.25, 0.3) is 11.6 Å². The van der Waals surface area contributed by atoms with Crippen LogP contribution in [-0.2, 0) is 4.74 Å². The number of aliphatic imine (C=N–C) groups is 1. The summed E-state index contributed by atoms with van der Waals surface area (Å²) in [5.74, 6) is 1.52. The van der Waals surface area contributed by atoms with E-state index in [1.165, 1.54) is 11.3 Å². The lowest BCUT2D eigenvalue weighted by atomic mass is 10.1. The van der Waals surface area contributed by atoms with Crippen molar-refractivity contribution in [2.45, 2.75) is 6.92 Å². The zero-order chi connectivity index (χ0) is 22.6. The molecule has 9 heteroatoms. The van der Waals surface area contributed by atoms with Crippen LogP contribution in [-0.4, -0.2) is 65.6 Å². The number of anilines is 2. The molecule has 0 bridgehead atoms. The number of morpholine rings is 1. The summed E-state index contributed by atoms with van der Waals surface area (Å²) >= 11 is 1.38. The van der Waals surface area contributed by atoms with E-state index in [9.17, 15) is 5.11 Å². The number of aromatic nitrogens is 2. The summed E-state index contributed by atoms with van der Waals surface area (Å²) in [5.41, 5.74) is 3.80. The second-order valence-electron chi connectivity index (χ2n) is 7.84. The number of rotatable bonds is 7. The van der Waals surface area contributed by atoms with E-state index >= 15 is 0 Å². The third-order valence-electron chi connectivity index (χ3n) is 5.56. The van der Waals surface area contributed by atoms with Crippen LogP contribution >= 0.6 is 11.3 Å². The molecule has 0 saturated carbocycles. The molecule has 0 radical (unpaired) electrons. The Balaban J connectivity index is 1.23. The summed E-state index contributed by atoms with van der Waals surface area (Å²) in [5, 5.41) is 14.3. The smallest absolute Gasteiger partial charge is 0.231 e. The second-order valence-corrected chi connectivity index (χ2v) is 8.87. The number of benzene rings is 1. The summed E-state index contributed by atoms with van der Waals surface area (Å²) in [4.78, 5) is 15.9. The SMILES string of the molecule is Cc1cc(OCCN2CCOCC2)ccc1Nc1nc(O)c(C=C2C=Nc3ncccc32)s1. The van der Waals surface area contributed by atoms with Gasteiger partial charge in [0.2, 0.25) is 5.88 Å². The molecule has 2 aliphatic rings. The summed E-state index contributed by atoms with van der Waals surface area (Å²) in [6, 6.07) is 9.77. The van der Waals surface area contributed by atoms with E-state index in [4.69, 9.17) is 9.47 Å². The molecule has 1 fully saturated rings. The van der Waals surface area contributed by atoms with Gasteiger partial charge in [0.05, 0.1) is 18.1 Å². The number of nitrogens with zero attached hydrogens (tertiary/aromatic N) is 4. The van der Waals surface area contributed by atoms with Gasteiger partial charge in [-0.1, -0.05) is 11.3 Å². The molecule has 3 aromatic rings. The minimum Gasteiger partial charge on any atom is -0.492 e. The number of aromatic hydroxyl groups is 1. The Labute approximate surface area is 196 Å². The van der Waals surface area contributed by atoms with E-state index in [2.05, 4.69) is 25.2 Å². The van der Waals surface area contributed by atoms with Gasteiger partial charge in [0.15, 0.2) is 10.9 Å². The lowest BCUT2D eigenvalue weighted by Gasteiger charge is -2.26. The van der Waals surface area contributed by atoms with Crippen molar-refractivity contribution in [2.24, 2.45) is 4.99 Å². The largest absolute Gasteiger partial charge is 0.492 e. The van der Waals surface area contributed by atoms with Crippen molar-refractivity contribution in [3.63, 3.8) is 0 Å². The quantitative estimate of drug-likeness (QED) is 0.541. The highest BCUT2D eigenvalue weighted by atomic mass is 32.1. The maximum Gasteiger partial charge on any atom is 0.231 e. The molecule has 2 aromatic heterocycles. The number of fused-ring (bicyclic) bond motifs is 1. The number of hydrogen-bond donors (Lipinski definition) is 2. The Morgan fingerprint density at radius 2 is 2.15 bits per heavy atom. The second kappa shape index (κ2) is 9.70. The van der Waals surface area contributed by atoms with Gasteiger partial charge in [0, 0.05) is 48.9 Å². The van der Waals surface area contributed by atoms with Crippen LogP contribution < -0.4 is 10.1 Å². The van der Waals surface area contributed by atoms with Crippen LogP contribution in [0.15, 0.2) is 41.5 Å². The van der Waals surface area contributed by atoms with E-state index in [1.54, 1.807) is 12.4 Å². The summed E-state index contributed by atoms with van der Waals surface area (Å²) in [6.45, 7) is 7.07. The van der Waals surface area contributed by atoms with E-state index in [0.29, 0.717) is 22.4 Å². The van der Waals surface area contributed by atoms with Crippen molar-refractivity contribution in [3.05, 3.63) is 52.5 Å². The zero-order valence-electron chi connectivity index (χ0n) is 18.3. The van der Waals surface area contributed by atoms with Crippen LogP contribution in [0.1, 0.15) is 16.0 Å². The average molecular weight is 464 g/mol. The third kappa shape index (κ3) is 5.05. The van der Waals surface area contributed by atoms with Gasteiger partial charge in [-0.25, -0.2) is 9.98 Å². The molecule has 4 heterocycles. The van der Waals surface area contributed by atoms with Gasteiger partial charge in [-0.2, -0.15) is 4.98 Å². The summed E-state index contributed by atoms with van der Waals surface area (Å²) in [6.07, 6.45) is 5.35. The molecule has 33 heavy (non-hydrogen) atoms. The van der Waals surface area contributed by atoms with Crippen LogP contribution in [0, 0.1) is 6.92 Å². The van der Waals surface area contributed by atoms with Crippen molar-refractivity contribution >= 4 is 45.8 Å². The first-order chi connectivity index (χ1) is 16.2. The molecule has 5 rings (SSSR count). The number of ether oxygens (including phenoxy) is 2. The van der Waals surface area contributed by atoms with Crippen molar-refractivity contribution in [1.29, 1.82) is 0 Å². The van der Waals surface area contributed by atoms with Gasteiger partial charge in [0.1, 0.15) is 12.4 Å². The van der Waals surface area contributed by atoms with Crippen LogP contribution in [0.4, 0.5) is 16.6 Å². The number of aryl methyl sites for hydroxylation is 1. The predicted octanol–water partition coefficient (Wildman–Crippen LogP) is 4.26. The maximum atomic E-state index is 10.4. The fourth-order valence-electron chi connectivity index (χ4n) is 3.75. The van der Waals surface area contributed by atoms with Gasteiger partial charge in [0.25, 0.3) is 0 Å². The molecular formula is C24H25N5O3S. The number of allylic oxidation sites excluding steroid dienone is 1. The topological polar surface area (TPSA) is 92.1 Å². The van der Waals surface area contributed by atoms with Crippen LogP contribution in [0.3, 0.4) is 0 Å². The van der Waals surface area contributed by atoms with Gasteiger partial charge in [-0.3, -0.25) is 4.90 Å². The first-order valence-electron chi connectivity index (χ1n) is 10.9. The molecule has 8 nitrogen and oxygen atoms in total. The fourth-order valence-corrected chi connectivity index (χ4v) is 4.58. The molecule has 0 spiro atoms. The first kappa shape index (κ1) is 21.6. The highest BCUT2D eigenvalue weighted by molar-refractivity contribution is 7.16. The van der Waals surface area contributed by atoms with Gasteiger partial charge >= 0.3 is 0 Å². The van der Waals surface area contributed by atoms with Gasteiger partial charge < -0.3 is 19.9 Å². The standard InChI is InChI=1S/C24H25N5O3S/c1-16-13-18(32-12-9-29-7-10-31-11-8-29)4-5-20(16)27-24-28-23(30)21(33-24)14-17-15-26-22-19(17)3-2-6-25-22/h2-6,13-15,30H,7-12H2,1H3,(H,27,28). The number of nitrogens with one attached hydrogen (secondary N) is 1. The van der Waals surface area contributed by atoms with Crippen LogP contribution in [0.5, 0.6) is 11.6 Å². The van der Waals surface area contributed by atoms with Crippen molar-refractivity contribution in [3.8, 4) is 11.6 Å². The Morgan fingerprint density at radius 3 is 3.00 bits per heavy atom. The maximum absolute atomic E-state index is 10.4. The number of hydrogen-bond acceptors (Lipinski definition) is 9. The monoisotopic (exact) mass is 463 g/mol. The highest BCUT2D eigenvalue weighted by Gasteiger charge is 2.16. The fraction of sp³-hybridized carbons (Fsp3) is 0.292. The Kier molecular flexibility index (Phi) is 6.34. The normalized spacial score (nSPS) is 16.8. The van der Waals surface area contributed by atoms with Gasteiger partial charge in [-0.05, 0) is 48.9 Å². The molecular weight excluding hydrogens is 438 g/mol. The van der Waals surface area contributed by atoms with E-state index in [-0.39, 0.29) is 5.88 Å². The van der Waals surface area contributed by atoms with Crippen molar-refractivity contribution in [2.75, 3.05) is 44.8 Å². The van der Waals surface area contributed by atoms with Crippen molar-refractivity contribution < 1.29 is 14.6 Å². The summed E-state index contributed by atoms with van der Waals surface area (Å²) < 4.78 is 11.3. The third-order valence-corrected chi connectivity index (χ3v) is 6.47. The number of pyridine rings is 1. The highest BCUT2D eigenvalue weighted by Crippen LogP contribution is 2.36. The zero-order valence-corrected chi connectivity index (χ0v) is 19.1.